The van der Waals surface area contributed by atoms with E-state index >= 15 is 0 Å². The Labute approximate surface area is 184 Å². The Morgan fingerprint density at radius 2 is 1.87 bits per heavy atom. The molecule has 2 aromatic heterocycles. The number of benzene rings is 1. The summed E-state index contributed by atoms with van der Waals surface area (Å²) >= 11 is -1.07. The summed E-state index contributed by atoms with van der Waals surface area (Å²) in [6, 6.07) is 8.20. The third kappa shape index (κ3) is 3.95. The Balaban J connectivity index is 1.82. The van der Waals surface area contributed by atoms with Crippen LogP contribution in [0.5, 0.6) is 0 Å². The van der Waals surface area contributed by atoms with E-state index in [1.54, 1.807) is 43.5 Å². The number of nitrogens with two attached hydrogens (primary N) is 1. The van der Waals surface area contributed by atoms with Gasteiger partial charge in [-0.05, 0) is 0 Å². The number of fused-ring (bicyclic) bond motifs is 1. The van der Waals surface area contributed by atoms with Crippen molar-refractivity contribution in [3.63, 3.8) is 0 Å². The third-order valence-electron chi connectivity index (χ3n) is 4.77. The number of sulfone groups is 1. The second kappa shape index (κ2) is 8.03. The van der Waals surface area contributed by atoms with Gasteiger partial charge in [-0.3, -0.25) is 0 Å². The van der Waals surface area contributed by atoms with E-state index in [1.807, 2.05) is 6.92 Å². The molecule has 1 aliphatic heterocycles. The van der Waals surface area contributed by atoms with E-state index < -0.39 is 40.1 Å². The van der Waals surface area contributed by atoms with Crippen molar-refractivity contribution in [3.05, 3.63) is 80.8 Å². The molecule has 30 heavy (non-hydrogen) atoms. The maximum absolute atomic E-state index is 14.0. The summed E-state index contributed by atoms with van der Waals surface area (Å²) in [7, 11) is -3.57. The van der Waals surface area contributed by atoms with Crippen molar-refractivity contribution in [1.29, 1.82) is 0 Å². The zero-order valence-corrected chi connectivity index (χ0v) is 19.3. The predicted molar refractivity (Wildman–Crippen MR) is 108 cm³/mol. The number of hydrogen-bond donors (Lipinski definition) is 1. The van der Waals surface area contributed by atoms with Crippen LogP contribution in [0.4, 0.5) is 10.2 Å². The van der Waals surface area contributed by atoms with Crippen molar-refractivity contribution in [2.24, 2.45) is 0 Å². The van der Waals surface area contributed by atoms with Crippen molar-refractivity contribution in [2.45, 2.75) is 28.4 Å². The van der Waals surface area contributed by atoms with E-state index in [1.165, 1.54) is 6.07 Å². The van der Waals surface area contributed by atoms with Gasteiger partial charge in [0, 0.05) is 0 Å². The molecule has 1 unspecified atom stereocenters. The Morgan fingerprint density at radius 1 is 1.13 bits per heavy atom. The summed E-state index contributed by atoms with van der Waals surface area (Å²) in [6.07, 6.45) is 4.77. The van der Waals surface area contributed by atoms with Crippen molar-refractivity contribution >= 4 is 21.2 Å². The standard InChI is InChI=1S/C21H19FIN4O2S/c1-12-3-5-15(6-4-12)30(28,29)18-8-7-16(21-26-10-13(2)20(24)27-21)17-9-14(22)11-25-19(17)23-18/h3-7,9-11,18H,8H2,1-2H3,(H2,24,26,27)/q-1. The normalized spacial score (nSPS) is 16.8. The first-order chi connectivity index (χ1) is 14.3. The molecule has 4 rings (SSSR count). The van der Waals surface area contributed by atoms with E-state index in [0.717, 1.165) is 17.3 Å². The van der Waals surface area contributed by atoms with Crippen LogP contribution in [0.1, 0.15) is 28.9 Å². The Morgan fingerprint density at radius 3 is 2.57 bits per heavy atom. The summed E-state index contributed by atoms with van der Waals surface area (Å²) in [5, 5.41) is 0. The van der Waals surface area contributed by atoms with E-state index in [0.29, 0.717) is 26.5 Å². The van der Waals surface area contributed by atoms with Crippen LogP contribution in [0.2, 0.25) is 0 Å². The van der Waals surface area contributed by atoms with Gasteiger partial charge >= 0.3 is 185 Å². The van der Waals surface area contributed by atoms with Gasteiger partial charge in [0.15, 0.2) is 0 Å². The number of aryl methyl sites for hydroxylation is 2. The molecular weight excluding hydrogens is 518 g/mol. The minimum absolute atomic E-state index is 0.272. The number of alkyl halides is 1. The molecule has 1 atom stereocenters. The number of nitrogens with zero attached hydrogens (tertiary/aromatic N) is 3. The van der Waals surface area contributed by atoms with Gasteiger partial charge in [0.2, 0.25) is 0 Å². The fourth-order valence-corrected chi connectivity index (χ4v) is 9.01. The molecule has 3 heterocycles. The first kappa shape index (κ1) is 20.9. The second-order valence-electron chi connectivity index (χ2n) is 6.98. The molecule has 0 aliphatic carbocycles. The number of pyridine rings is 1. The molecule has 0 radical (unpaired) electrons. The fourth-order valence-electron chi connectivity index (χ4n) is 3.04. The summed E-state index contributed by atoms with van der Waals surface area (Å²) in [5.74, 6) is 0.169. The van der Waals surface area contributed by atoms with Crippen LogP contribution in [0.15, 0.2) is 53.7 Å². The summed E-state index contributed by atoms with van der Waals surface area (Å²) in [6.45, 7) is 3.71. The molecule has 6 nitrogen and oxygen atoms in total. The molecule has 3 aromatic rings. The average molecular weight is 537 g/mol. The summed E-state index contributed by atoms with van der Waals surface area (Å²) in [5.41, 5.74) is 8.76. The van der Waals surface area contributed by atoms with Crippen molar-refractivity contribution in [2.75, 3.05) is 5.73 Å². The van der Waals surface area contributed by atoms with Crippen molar-refractivity contribution in [1.82, 2.24) is 15.0 Å². The predicted octanol–water partition coefficient (Wildman–Crippen LogP) is 0.104. The van der Waals surface area contributed by atoms with E-state index in [-0.39, 0.29) is 11.3 Å². The van der Waals surface area contributed by atoms with Crippen LogP contribution in [-0.4, -0.2) is 26.6 Å². The molecule has 1 aromatic carbocycles. The third-order valence-corrected chi connectivity index (χ3v) is 11.8. The zero-order chi connectivity index (χ0) is 21.5. The number of hydrogen-bond acceptors (Lipinski definition) is 6. The molecule has 0 fully saturated rings. The van der Waals surface area contributed by atoms with Crippen LogP contribution >= 0.6 is 0 Å². The molecule has 1 aliphatic rings. The number of rotatable bonds is 3. The first-order valence-electron chi connectivity index (χ1n) is 9.15. The molecule has 156 valence electrons. The van der Waals surface area contributed by atoms with Crippen molar-refractivity contribution < 1.29 is 34.0 Å². The topological polar surface area (TPSA) is 98.8 Å². The molecule has 0 saturated heterocycles. The van der Waals surface area contributed by atoms with Gasteiger partial charge < -0.3 is 0 Å². The second-order valence-corrected chi connectivity index (χ2v) is 13.1. The first-order valence-corrected chi connectivity index (χ1v) is 13.0. The van der Waals surface area contributed by atoms with Gasteiger partial charge in [-0.15, -0.1) is 0 Å². The quantitative estimate of drug-likeness (QED) is 0.289. The molecule has 0 spiro atoms. The molecule has 9 heteroatoms. The van der Waals surface area contributed by atoms with Crippen LogP contribution in [-0.2, 0) is 9.84 Å². The van der Waals surface area contributed by atoms with E-state index in [4.69, 9.17) is 5.73 Å². The van der Waals surface area contributed by atoms with Gasteiger partial charge in [-0.1, -0.05) is 0 Å². The average Bonchev–Trinajstić information content (AvgIpc) is 2.90. The van der Waals surface area contributed by atoms with Gasteiger partial charge in [0.05, 0.1) is 0 Å². The van der Waals surface area contributed by atoms with Gasteiger partial charge in [0.1, 0.15) is 0 Å². The Bertz CT molecular complexity index is 1260. The summed E-state index contributed by atoms with van der Waals surface area (Å²) in [4.78, 5) is 13.2. The van der Waals surface area contributed by atoms with Gasteiger partial charge in [0.25, 0.3) is 0 Å². The Hall–Kier alpha value is -2.40. The zero-order valence-electron chi connectivity index (χ0n) is 16.3. The fraction of sp³-hybridized carbons (Fsp3) is 0.190. The SMILES string of the molecule is Cc1ccc(S(=O)(=O)C2CC=C(c3ncc(C)c(N)n3)c3cc(F)cnc3[I-]2)cc1. The number of aromatic nitrogens is 3. The molecule has 0 bridgehead atoms. The number of allylic oxidation sites excluding steroid dienone is 1. The molecule has 0 amide bonds. The molecule has 2 N–H and O–H groups in total. The van der Waals surface area contributed by atoms with Gasteiger partial charge in [-0.25, -0.2) is 0 Å². The Kier molecular flexibility index (Phi) is 5.58. The summed E-state index contributed by atoms with van der Waals surface area (Å²) < 4.78 is 40.6. The molecule has 0 saturated carbocycles. The van der Waals surface area contributed by atoms with E-state index in [2.05, 4.69) is 15.0 Å². The van der Waals surface area contributed by atoms with Gasteiger partial charge in [-0.2, -0.15) is 0 Å². The van der Waals surface area contributed by atoms with Crippen molar-refractivity contribution in [3.8, 4) is 0 Å². The van der Waals surface area contributed by atoms with E-state index in [9.17, 15) is 12.8 Å². The van der Waals surface area contributed by atoms with Crippen LogP contribution in [0, 0.1) is 23.4 Å². The number of nitrogen functional groups attached to an aromatic ring is 1. The van der Waals surface area contributed by atoms with Crippen LogP contribution in [0.25, 0.3) is 5.57 Å². The van der Waals surface area contributed by atoms with Crippen LogP contribution < -0.4 is 26.9 Å². The number of halogens is 2. The monoisotopic (exact) mass is 537 g/mol. The minimum atomic E-state index is -3.57. The number of anilines is 1. The maximum atomic E-state index is 14.0. The molecular formula is C21H19FIN4O2S-. The van der Waals surface area contributed by atoms with Crippen LogP contribution in [0.3, 0.4) is 0 Å².